The van der Waals surface area contributed by atoms with Crippen LogP contribution in [0.15, 0.2) is 6.20 Å². The number of nitrogens with one attached hydrogen (secondary N) is 1. The van der Waals surface area contributed by atoms with E-state index in [4.69, 9.17) is 11.6 Å². The van der Waals surface area contributed by atoms with Crippen molar-refractivity contribution in [2.45, 2.75) is 26.3 Å². The van der Waals surface area contributed by atoms with E-state index in [1.165, 1.54) is 0 Å². The zero-order valence-corrected chi connectivity index (χ0v) is 10.0. The summed E-state index contributed by atoms with van der Waals surface area (Å²) >= 11 is 5.59. The van der Waals surface area contributed by atoms with Crippen molar-refractivity contribution >= 4 is 17.5 Å². The maximum absolute atomic E-state index is 11.8. The largest absolute Gasteiger partial charge is 0.349 e. The Morgan fingerprint density at radius 1 is 1.73 bits per heavy atom. The van der Waals surface area contributed by atoms with Gasteiger partial charge in [0.05, 0.1) is 11.3 Å². The lowest BCUT2D eigenvalue weighted by Crippen LogP contribution is -2.33. The molecule has 1 aromatic rings. The monoisotopic (exact) mass is 229 g/mol. The van der Waals surface area contributed by atoms with E-state index in [-0.39, 0.29) is 11.9 Å². The second-order valence-corrected chi connectivity index (χ2v) is 4.03. The van der Waals surface area contributed by atoms with Gasteiger partial charge in [-0.2, -0.15) is 5.10 Å². The van der Waals surface area contributed by atoms with Crippen LogP contribution in [0.5, 0.6) is 0 Å². The molecule has 1 rings (SSSR count). The van der Waals surface area contributed by atoms with Crippen LogP contribution in [0.3, 0.4) is 0 Å². The van der Waals surface area contributed by atoms with Crippen LogP contribution in [0.25, 0.3) is 0 Å². The summed E-state index contributed by atoms with van der Waals surface area (Å²) in [4.78, 5) is 11.8. The van der Waals surface area contributed by atoms with Crippen LogP contribution < -0.4 is 5.32 Å². The summed E-state index contributed by atoms with van der Waals surface area (Å²) in [5, 5.41) is 6.99. The van der Waals surface area contributed by atoms with Gasteiger partial charge in [-0.3, -0.25) is 9.48 Å². The number of nitrogens with zero attached hydrogens (tertiary/aromatic N) is 2. The highest BCUT2D eigenvalue weighted by atomic mass is 35.5. The second-order valence-electron chi connectivity index (χ2n) is 3.65. The number of hydrogen-bond acceptors (Lipinski definition) is 2. The van der Waals surface area contributed by atoms with E-state index in [1.807, 2.05) is 13.8 Å². The van der Waals surface area contributed by atoms with Crippen LogP contribution in [-0.4, -0.2) is 27.6 Å². The van der Waals surface area contributed by atoms with Crippen LogP contribution >= 0.6 is 11.6 Å². The number of aryl methyl sites for hydroxylation is 2. The SMILES string of the molecule is Cc1nn(C)cc1C(=O)NC(C)CCCl. The molecule has 1 aromatic heterocycles. The molecule has 1 unspecified atom stereocenters. The van der Waals surface area contributed by atoms with Crippen molar-refractivity contribution in [1.29, 1.82) is 0 Å². The molecule has 0 aromatic carbocycles. The van der Waals surface area contributed by atoms with Gasteiger partial charge in [0.15, 0.2) is 0 Å². The number of alkyl halides is 1. The Kier molecular flexibility index (Phi) is 4.15. The van der Waals surface area contributed by atoms with E-state index in [0.717, 1.165) is 12.1 Å². The van der Waals surface area contributed by atoms with E-state index in [0.29, 0.717) is 11.4 Å². The maximum Gasteiger partial charge on any atom is 0.254 e. The first-order valence-electron chi connectivity index (χ1n) is 4.91. The number of aromatic nitrogens is 2. The molecular formula is C10H16ClN3O. The third-order valence-corrected chi connectivity index (χ3v) is 2.40. The first-order valence-corrected chi connectivity index (χ1v) is 5.45. The van der Waals surface area contributed by atoms with Crippen molar-refractivity contribution < 1.29 is 4.79 Å². The van der Waals surface area contributed by atoms with Crippen LogP contribution in [-0.2, 0) is 7.05 Å². The first-order chi connectivity index (χ1) is 7.04. The van der Waals surface area contributed by atoms with Gasteiger partial charge in [-0.15, -0.1) is 11.6 Å². The van der Waals surface area contributed by atoms with Gasteiger partial charge in [0.25, 0.3) is 5.91 Å². The predicted octanol–water partition coefficient (Wildman–Crippen LogP) is 1.48. The fourth-order valence-electron chi connectivity index (χ4n) is 1.36. The maximum atomic E-state index is 11.8. The topological polar surface area (TPSA) is 46.9 Å². The molecule has 0 saturated heterocycles. The molecule has 5 heteroatoms. The van der Waals surface area contributed by atoms with Crippen LogP contribution in [0.2, 0.25) is 0 Å². The summed E-state index contributed by atoms with van der Waals surface area (Å²) in [5.74, 6) is 0.464. The lowest BCUT2D eigenvalue weighted by atomic mass is 10.2. The molecule has 0 saturated carbocycles. The van der Waals surface area contributed by atoms with Gasteiger partial charge >= 0.3 is 0 Å². The van der Waals surface area contributed by atoms with E-state index in [1.54, 1.807) is 17.9 Å². The summed E-state index contributed by atoms with van der Waals surface area (Å²) in [5.41, 5.74) is 1.37. The minimum atomic E-state index is -0.0850. The molecule has 1 atom stereocenters. The van der Waals surface area contributed by atoms with Crippen LogP contribution in [0.1, 0.15) is 29.4 Å². The van der Waals surface area contributed by atoms with Crippen molar-refractivity contribution in [3.05, 3.63) is 17.5 Å². The summed E-state index contributed by atoms with van der Waals surface area (Å²) in [6.45, 7) is 3.76. The molecule has 0 aliphatic heterocycles. The van der Waals surface area contributed by atoms with Crippen molar-refractivity contribution in [2.75, 3.05) is 5.88 Å². The third-order valence-electron chi connectivity index (χ3n) is 2.18. The summed E-state index contributed by atoms with van der Waals surface area (Å²) < 4.78 is 1.64. The fourth-order valence-corrected chi connectivity index (χ4v) is 1.69. The van der Waals surface area contributed by atoms with E-state index >= 15 is 0 Å². The average molecular weight is 230 g/mol. The molecule has 0 aliphatic carbocycles. The standard InChI is InChI=1S/C10H16ClN3O/c1-7(4-5-11)12-10(15)9-6-14(3)13-8(9)2/h6-7H,4-5H2,1-3H3,(H,12,15). The number of carbonyl (C=O) groups is 1. The number of amides is 1. The van der Waals surface area contributed by atoms with Gasteiger partial charge in [-0.25, -0.2) is 0 Å². The quantitative estimate of drug-likeness (QED) is 0.795. The molecule has 1 amide bonds. The Balaban J connectivity index is 2.65. The van der Waals surface area contributed by atoms with Crippen LogP contribution in [0.4, 0.5) is 0 Å². The third kappa shape index (κ3) is 3.23. The minimum Gasteiger partial charge on any atom is -0.349 e. The molecule has 0 bridgehead atoms. The molecule has 4 nitrogen and oxygen atoms in total. The van der Waals surface area contributed by atoms with Gasteiger partial charge in [-0.1, -0.05) is 0 Å². The van der Waals surface area contributed by atoms with Gasteiger partial charge in [0.2, 0.25) is 0 Å². The Hall–Kier alpha value is -1.03. The molecule has 1 heterocycles. The highest BCUT2D eigenvalue weighted by Crippen LogP contribution is 2.05. The fraction of sp³-hybridized carbons (Fsp3) is 0.600. The lowest BCUT2D eigenvalue weighted by molar-refractivity contribution is 0.0939. The molecule has 0 fully saturated rings. The molecule has 0 aliphatic rings. The molecule has 0 spiro atoms. The Morgan fingerprint density at radius 2 is 2.40 bits per heavy atom. The number of rotatable bonds is 4. The second kappa shape index (κ2) is 5.16. The zero-order valence-electron chi connectivity index (χ0n) is 9.25. The van der Waals surface area contributed by atoms with Crippen LogP contribution in [0, 0.1) is 6.92 Å². The van der Waals surface area contributed by atoms with E-state index in [2.05, 4.69) is 10.4 Å². The molecular weight excluding hydrogens is 214 g/mol. The van der Waals surface area contributed by atoms with Crippen molar-refractivity contribution in [2.24, 2.45) is 7.05 Å². The van der Waals surface area contributed by atoms with E-state index < -0.39 is 0 Å². The Labute approximate surface area is 94.6 Å². The van der Waals surface area contributed by atoms with Crippen molar-refractivity contribution in [3.63, 3.8) is 0 Å². The Bertz CT molecular complexity index is 348. The number of halogens is 1. The molecule has 84 valence electrons. The summed E-state index contributed by atoms with van der Waals surface area (Å²) in [7, 11) is 1.80. The zero-order chi connectivity index (χ0) is 11.4. The van der Waals surface area contributed by atoms with Crippen molar-refractivity contribution in [1.82, 2.24) is 15.1 Å². The highest BCUT2D eigenvalue weighted by molar-refractivity contribution is 6.17. The van der Waals surface area contributed by atoms with Gasteiger partial charge in [0.1, 0.15) is 0 Å². The summed E-state index contributed by atoms with van der Waals surface area (Å²) in [6, 6.07) is 0.0922. The smallest absolute Gasteiger partial charge is 0.254 e. The highest BCUT2D eigenvalue weighted by Gasteiger charge is 2.14. The molecule has 15 heavy (non-hydrogen) atoms. The van der Waals surface area contributed by atoms with Gasteiger partial charge < -0.3 is 5.32 Å². The number of carbonyl (C=O) groups excluding carboxylic acids is 1. The molecule has 1 N–H and O–H groups in total. The van der Waals surface area contributed by atoms with Crippen molar-refractivity contribution in [3.8, 4) is 0 Å². The van der Waals surface area contributed by atoms with E-state index in [9.17, 15) is 4.79 Å². The molecule has 0 radical (unpaired) electrons. The Morgan fingerprint density at radius 3 is 2.87 bits per heavy atom. The van der Waals surface area contributed by atoms with Gasteiger partial charge in [0, 0.05) is 25.2 Å². The summed E-state index contributed by atoms with van der Waals surface area (Å²) in [6.07, 6.45) is 2.49. The van der Waals surface area contributed by atoms with Gasteiger partial charge in [-0.05, 0) is 20.3 Å². The lowest BCUT2D eigenvalue weighted by Gasteiger charge is -2.11. The minimum absolute atomic E-state index is 0.0850. The predicted molar refractivity (Wildman–Crippen MR) is 60.2 cm³/mol. The number of hydrogen-bond donors (Lipinski definition) is 1. The normalized spacial score (nSPS) is 12.5. The average Bonchev–Trinajstić information content (AvgIpc) is 2.45. The first kappa shape index (κ1) is 12.0.